The van der Waals surface area contributed by atoms with Crippen molar-refractivity contribution in [3.8, 4) is 0 Å². The van der Waals surface area contributed by atoms with Crippen LogP contribution in [0, 0.1) is 0 Å². The van der Waals surface area contributed by atoms with Crippen LogP contribution in [0.1, 0.15) is 6.92 Å². The minimum absolute atomic E-state index is 0.309. The molecule has 3 atom stereocenters. The highest BCUT2D eigenvalue weighted by molar-refractivity contribution is 4.90. The van der Waals surface area contributed by atoms with Crippen LogP contribution in [0.5, 0.6) is 0 Å². The zero-order chi connectivity index (χ0) is 6.97. The average Bonchev–Trinajstić information content (AvgIpc) is 2.69. The third-order valence-corrected chi connectivity index (χ3v) is 2.08. The van der Waals surface area contributed by atoms with Crippen molar-refractivity contribution in [2.24, 2.45) is 0 Å². The van der Waals surface area contributed by atoms with Crippen LogP contribution < -0.4 is 5.32 Å². The maximum atomic E-state index is 5.48. The van der Waals surface area contributed by atoms with Crippen LogP contribution in [-0.2, 0) is 9.47 Å². The Labute approximate surface area is 60.7 Å². The van der Waals surface area contributed by atoms with Gasteiger partial charge in [-0.25, -0.2) is 0 Å². The van der Waals surface area contributed by atoms with Gasteiger partial charge in [0.05, 0.1) is 18.8 Å². The largest absolute Gasteiger partial charge is 0.373 e. The van der Waals surface area contributed by atoms with Crippen molar-refractivity contribution in [1.82, 2.24) is 5.32 Å². The Morgan fingerprint density at radius 1 is 1.50 bits per heavy atom. The fourth-order valence-electron chi connectivity index (χ4n) is 1.39. The predicted octanol–water partition coefficient (Wildman–Crippen LogP) is -0.238. The highest BCUT2D eigenvalue weighted by atomic mass is 16.6. The van der Waals surface area contributed by atoms with E-state index in [0.29, 0.717) is 18.3 Å². The molecule has 2 heterocycles. The Hall–Kier alpha value is -0.120. The van der Waals surface area contributed by atoms with Crippen LogP contribution in [-0.4, -0.2) is 38.0 Å². The predicted molar refractivity (Wildman–Crippen MR) is 36.9 cm³/mol. The Kier molecular flexibility index (Phi) is 1.64. The van der Waals surface area contributed by atoms with E-state index in [-0.39, 0.29) is 0 Å². The lowest BCUT2D eigenvalue weighted by Crippen LogP contribution is -2.41. The summed E-state index contributed by atoms with van der Waals surface area (Å²) in [5.74, 6) is 0. The van der Waals surface area contributed by atoms with Crippen LogP contribution in [0.2, 0.25) is 0 Å². The molecule has 0 bridgehead atoms. The van der Waals surface area contributed by atoms with Crippen molar-refractivity contribution < 1.29 is 9.47 Å². The van der Waals surface area contributed by atoms with Gasteiger partial charge >= 0.3 is 0 Å². The summed E-state index contributed by atoms with van der Waals surface area (Å²) in [6, 6.07) is 0. The molecule has 0 aromatic heterocycles. The van der Waals surface area contributed by atoms with Crippen LogP contribution in [0.25, 0.3) is 0 Å². The summed E-state index contributed by atoms with van der Waals surface area (Å²) < 4.78 is 10.8. The summed E-state index contributed by atoms with van der Waals surface area (Å²) in [4.78, 5) is 0. The molecule has 58 valence electrons. The lowest BCUT2D eigenvalue weighted by atomic mass is 10.2. The van der Waals surface area contributed by atoms with Crippen molar-refractivity contribution in [3.05, 3.63) is 0 Å². The molecule has 3 heteroatoms. The van der Waals surface area contributed by atoms with E-state index in [4.69, 9.17) is 9.47 Å². The van der Waals surface area contributed by atoms with Gasteiger partial charge in [-0.2, -0.15) is 0 Å². The summed E-state index contributed by atoms with van der Waals surface area (Å²) >= 11 is 0. The molecule has 0 aliphatic carbocycles. The van der Waals surface area contributed by atoms with Crippen molar-refractivity contribution in [2.75, 3.05) is 19.7 Å². The molecule has 0 amide bonds. The SMILES string of the molecule is CC1OC1C1CNCCO1. The fraction of sp³-hybridized carbons (Fsp3) is 1.00. The molecule has 10 heavy (non-hydrogen) atoms. The van der Waals surface area contributed by atoms with Crippen LogP contribution >= 0.6 is 0 Å². The highest BCUT2D eigenvalue weighted by Crippen LogP contribution is 2.26. The molecule has 0 saturated carbocycles. The topological polar surface area (TPSA) is 33.8 Å². The number of epoxide rings is 1. The molecule has 3 nitrogen and oxygen atoms in total. The van der Waals surface area contributed by atoms with Gasteiger partial charge in [0.15, 0.2) is 0 Å². The molecule has 1 N–H and O–H groups in total. The van der Waals surface area contributed by atoms with E-state index in [1.165, 1.54) is 0 Å². The van der Waals surface area contributed by atoms with Gasteiger partial charge in [0.1, 0.15) is 6.10 Å². The summed E-state index contributed by atoms with van der Waals surface area (Å²) in [5.41, 5.74) is 0. The van der Waals surface area contributed by atoms with Crippen LogP contribution in [0.15, 0.2) is 0 Å². The van der Waals surface area contributed by atoms with E-state index in [0.717, 1.165) is 19.7 Å². The minimum Gasteiger partial charge on any atom is -0.373 e. The molecule has 2 aliphatic heterocycles. The first-order chi connectivity index (χ1) is 4.88. The molecular weight excluding hydrogens is 130 g/mol. The Balaban J connectivity index is 1.81. The molecule has 0 radical (unpaired) electrons. The second-order valence-corrected chi connectivity index (χ2v) is 2.92. The first-order valence-corrected chi connectivity index (χ1v) is 3.86. The van der Waals surface area contributed by atoms with Crippen molar-refractivity contribution >= 4 is 0 Å². The lowest BCUT2D eigenvalue weighted by Gasteiger charge is -2.21. The minimum atomic E-state index is 0.309. The monoisotopic (exact) mass is 143 g/mol. The number of hydrogen-bond acceptors (Lipinski definition) is 3. The van der Waals surface area contributed by atoms with Gasteiger partial charge in [0.2, 0.25) is 0 Å². The van der Waals surface area contributed by atoms with E-state index in [1.54, 1.807) is 0 Å². The fourth-order valence-corrected chi connectivity index (χ4v) is 1.39. The Morgan fingerprint density at radius 3 is 2.80 bits per heavy atom. The number of hydrogen-bond donors (Lipinski definition) is 1. The van der Waals surface area contributed by atoms with Crippen LogP contribution in [0.3, 0.4) is 0 Å². The molecule has 2 aliphatic rings. The summed E-state index contributed by atoms with van der Waals surface area (Å²) in [5, 5.41) is 3.27. The van der Waals surface area contributed by atoms with Gasteiger partial charge in [0, 0.05) is 13.1 Å². The molecule has 2 fully saturated rings. The average molecular weight is 143 g/mol. The second kappa shape index (κ2) is 2.49. The van der Waals surface area contributed by atoms with E-state index in [1.807, 2.05) is 0 Å². The maximum Gasteiger partial charge on any atom is 0.111 e. The Morgan fingerprint density at radius 2 is 2.30 bits per heavy atom. The zero-order valence-electron chi connectivity index (χ0n) is 6.17. The molecule has 0 aromatic rings. The normalized spacial score (nSPS) is 47.1. The molecular formula is C7H13NO2. The number of morpholine rings is 1. The van der Waals surface area contributed by atoms with E-state index < -0.39 is 0 Å². The van der Waals surface area contributed by atoms with Gasteiger partial charge in [0.25, 0.3) is 0 Å². The summed E-state index contributed by atoms with van der Waals surface area (Å²) in [6.45, 7) is 4.85. The van der Waals surface area contributed by atoms with Gasteiger partial charge in [-0.15, -0.1) is 0 Å². The van der Waals surface area contributed by atoms with Crippen LogP contribution in [0.4, 0.5) is 0 Å². The third-order valence-electron chi connectivity index (χ3n) is 2.08. The van der Waals surface area contributed by atoms with Crippen molar-refractivity contribution in [2.45, 2.75) is 25.2 Å². The zero-order valence-corrected chi connectivity index (χ0v) is 6.17. The number of nitrogens with one attached hydrogen (secondary N) is 1. The standard InChI is InChI=1S/C7H13NO2/c1-5-7(10-5)6-4-8-2-3-9-6/h5-8H,2-4H2,1H3. The van der Waals surface area contributed by atoms with Gasteiger partial charge in [-0.3, -0.25) is 0 Å². The smallest absolute Gasteiger partial charge is 0.111 e. The van der Waals surface area contributed by atoms with Crippen molar-refractivity contribution in [3.63, 3.8) is 0 Å². The molecule has 3 unspecified atom stereocenters. The summed E-state index contributed by atoms with van der Waals surface area (Å²) in [7, 11) is 0. The van der Waals surface area contributed by atoms with Gasteiger partial charge in [-0.1, -0.05) is 0 Å². The number of rotatable bonds is 1. The van der Waals surface area contributed by atoms with Gasteiger partial charge < -0.3 is 14.8 Å². The first kappa shape index (κ1) is 6.58. The third kappa shape index (κ3) is 1.17. The molecule has 2 saturated heterocycles. The first-order valence-electron chi connectivity index (χ1n) is 3.86. The molecule has 2 rings (SSSR count). The van der Waals surface area contributed by atoms with E-state index in [2.05, 4.69) is 12.2 Å². The van der Waals surface area contributed by atoms with Gasteiger partial charge in [-0.05, 0) is 6.92 Å². The maximum absolute atomic E-state index is 5.48. The quantitative estimate of drug-likeness (QED) is 0.514. The summed E-state index contributed by atoms with van der Waals surface area (Å²) in [6.07, 6.45) is 1.10. The highest BCUT2D eigenvalue weighted by Gasteiger charge is 2.42. The van der Waals surface area contributed by atoms with E-state index in [9.17, 15) is 0 Å². The Bertz CT molecular complexity index is 123. The number of ether oxygens (including phenoxy) is 2. The molecule has 0 spiro atoms. The lowest BCUT2D eigenvalue weighted by molar-refractivity contribution is 0.0112. The van der Waals surface area contributed by atoms with E-state index >= 15 is 0 Å². The molecule has 0 aromatic carbocycles. The van der Waals surface area contributed by atoms with Crippen molar-refractivity contribution in [1.29, 1.82) is 0 Å². The second-order valence-electron chi connectivity index (χ2n) is 2.92.